The van der Waals surface area contributed by atoms with Gasteiger partial charge in [-0.05, 0) is 38.5 Å². The van der Waals surface area contributed by atoms with E-state index in [9.17, 15) is 0 Å². The standard InChI is InChI=1S/C24H27N7O/c1-17-25-19-11-7-8-12-20(19)31(17)23-27-21(26-22(28-23)30-13-15-32-16-14-30)29-24(2,3)18-9-5-4-6-10-18/h4-12H,13-16H2,1-3H3,(H,26,27,28,29). The molecule has 1 aliphatic heterocycles. The van der Waals surface area contributed by atoms with Gasteiger partial charge in [-0.3, -0.25) is 4.57 Å². The summed E-state index contributed by atoms with van der Waals surface area (Å²) in [5.74, 6) is 2.56. The van der Waals surface area contributed by atoms with E-state index in [0.29, 0.717) is 31.1 Å². The van der Waals surface area contributed by atoms with E-state index in [2.05, 4.69) is 36.2 Å². The number of rotatable bonds is 5. The van der Waals surface area contributed by atoms with Gasteiger partial charge < -0.3 is 15.0 Å². The van der Waals surface area contributed by atoms with Crippen LogP contribution in [0.1, 0.15) is 25.2 Å². The first-order valence-electron chi connectivity index (χ1n) is 10.9. The zero-order chi connectivity index (χ0) is 22.1. The van der Waals surface area contributed by atoms with Crippen LogP contribution < -0.4 is 10.2 Å². The smallest absolute Gasteiger partial charge is 0.242 e. The number of benzene rings is 2. The second-order valence-corrected chi connectivity index (χ2v) is 8.46. The molecule has 0 atom stereocenters. The number of morpholine rings is 1. The highest BCUT2D eigenvalue weighted by molar-refractivity contribution is 5.77. The number of nitrogens with zero attached hydrogens (tertiary/aromatic N) is 6. The van der Waals surface area contributed by atoms with Gasteiger partial charge in [-0.1, -0.05) is 42.5 Å². The zero-order valence-electron chi connectivity index (χ0n) is 18.6. The van der Waals surface area contributed by atoms with Crippen molar-refractivity contribution in [3.8, 4) is 5.95 Å². The van der Waals surface area contributed by atoms with E-state index < -0.39 is 0 Å². The van der Waals surface area contributed by atoms with Crippen molar-refractivity contribution in [2.45, 2.75) is 26.3 Å². The molecule has 1 saturated heterocycles. The first-order valence-corrected chi connectivity index (χ1v) is 10.9. The molecule has 8 heteroatoms. The van der Waals surface area contributed by atoms with Crippen molar-refractivity contribution in [2.24, 2.45) is 0 Å². The van der Waals surface area contributed by atoms with Gasteiger partial charge in [0.25, 0.3) is 0 Å². The maximum atomic E-state index is 5.53. The molecule has 1 aliphatic rings. The van der Waals surface area contributed by atoms with Crippen molar-refractivity contribution in [2.75, 3.05) is 36.5 Å². The highest BCUT2D eigenvalue weighted by Crippen LogP contribution is 2.26. The highest BCUT2D eigenvalue weighted by atomic mass is 16.5. The summed E-state index contributed by atoms with van der Waals surface area (Å²) >= 11 is 0. The molecule has 32 heavy (non-hydrogen) atoms. The highest BCUT2D eigenvalue weighted by Gasteiger charge is 2.24. The van der Waals surface area contributed by atoms with Crippen LogP contribution >= 0.6 is 0 Å². The Hall–Kier alpha value is -3.52. The van der Waals surface area contributed by atoms with Gasteiger partial charge in [-0.2, -0.15) is 15.0 Å². The lowest BCUT2D eigenvalue weighted by Crippen LogP contribution is -2.38. The SMILES string of the molecule is Cc1nc2ccccc2n1-c1nc(NC(C)(C)c2ccccc2)nc(N2CCOCC2)n1. The summed E-state index contributed by atoms with van der Waals surface area (Å²) in [7, 11) is 0. The molecular weight excluding hydrogens is 402 g/mol. The van der Waals surface area contributed by atoms with E-state index in [4.69, 9.17) is 24.7 Å². The summed E-state index contributed by atoms with van der Waals surface area (Å²) in [5.41, 5.74) is 2.67. The average Bonchev–Trinajstić information content (AvgIpc) is 3.15. The number of fused-ring (bicyclic) bond motifs is 1. The van der Waals surface area contributed by atoms with Gasteiger partial charge in [0.05, 0.1) is 29.8 Å². The van der Waals surface area contributed by atoms with Crippen LogP contribution in [0, 0.1) is 6.92 Å². The summed E-state index contributed by atoms with van der Waals surface area (Å²) in [4.78, 5) is 21.3. The normalized spacial score (nSPS) is 14.7. The van der Waals surface area contributed by atoms with Crippen LogP contribution in [0.4, 0.5) is 11.9 Å². The van der Waals surface area contributed by atoms with Gasteiger partial charge in [0.15, 0.2) is 0 Å². The first kappa shape index (κ1) is 20.4. The third kappa shape index (κ3) is 3.89. The minimum atomic E-state index is -0.367. The summed E-state index contributed by atoms with van der Waals surface area (Å²) in [6.45, 7) is 9.03. The fraction of sp³-hybridized carbons (Fsp3) is 0.333. The minimum absolute atomic E-state index is 0.367. The summed E-state index contributed by atoms with van der Waals surface area (Å²) in [6.07, 6.45) is 0. The lowest BCUT2D eigenvalue weighted by molar-refractivity contribution is 0.122. The number of imidazole rings is 1. The maximum absolute atomic E-state index is 5.53. The van der Waals surface area contributed by atoms with Crippen LogP contribution in [0.25, 0.3) is 17.0 Å². The molecule has 1 fully saturated rings. The Morgan fingerprint density at radius 1 is 0.844 bits per heavy atom. The molecule has 0 aliphatic carbocycles. The number of ether oxygens (including phenoxy) is 1. The van der Waals surface area contributed by atoms with E-state index in [1.807, 2.05) is 54.0 Å². The van der Waals surface area contributed by atoms with Crippen molar-refractivity contribution in [1.82, 2.24) is 24.5 Å². The van der Waals surface area contributed by atoms with Crippen LogP contribution in [0.5, 0.6) is 0 Å². The molecule has 0 saturated carbocycles. The van der Waals surface area contributed by atoms with E-state index in [0.717, 1.165) is 35.5 Å². The summed E-state index contributed by atoms with van der Waals surface area (Å²) < 4.78 is 7.51. The molecule has 0 spiro atoms. The number of nitrogens with one attached hydrogen (secondary N) is 1. The monoisotopic (exact) mass is 429 g/mol. The number of anilines is 2. The third-order valence-electron chi connectivity index (χ3n) is 5.75. The molecule has 0 unspecified atom stereocenters. The zero-order valence-corrected chi connectivity index (χ0v) is 18.6. The van der Waals surface area contributed by atoms with Gasteiger partial charge in [0, 0.05) is 13.1 Å². The average molecular weight is 430 g/mol. The van der Waals surface area contributed by atoms with Gasteiger partial charge in [0.2, 0.25) is 17.8 Å². The lowest BCUT2D eigenvalue weighted by atomic mass is 9.95. The molecule has 1 N–H and O–H groups in total. The quantitative estimate of drug-likeness (QED) is 0.518. The first-order chi connectivity index (χ1) is 15.5. The minimum Gasteiger partial charge on any atom is -0.378 e. The predicted molar refractivity (Wildman–Crippen MR) is 125 cm³/mol. The Balaban J connectivity index is 1.61. The molecule has 0 radical (unpaired) electrons. The van der Waals surface area contributed by atoms with Crippen LogP contribution in [-0.4, -0.2) is 50.8 Å². The molecule has 8 nitrogen and oxygen atoms in total. The summed E-state index contributed by atoms with van der Waals surface area (Å²) in [5, 5.41) is 3.53. The van der Waals surface area contributed by atoms with E-state index in [1.165, 1.54) is 0 Å². The van der Waals surface area contributed by atoms with Gasteiger partial charge in [0.1, 0.15) is 5.82 Å². The Bertz CT molecular complexity index is 1230. The van der Waals surface area contributed by atoms with Gasteiger partial charge in [-0.25, -0.2) is 4.98 Å². The fourth-order valence-electron chi connectivity index (χ4n) is 4.02. The van der Waals surface area contributed by atoms with E-state index >= 15 is 0 Å². The Morgan fingerprint density at radius 3 is 2.31 bits per heavy atom. The van der Waals surface area contributed by atoms with Crippen LogP contribution in [0.3, 0.4) is 0 Å². The second-order valence-electron chi connectivity index (χ2n) is 8.46. The van der Waals surface area contributed by atoms with Crippen LogP contribution in [0.15, 0.2) is 54.6 Å². The molecule has 0 bridgehead atoms. The van der Waals surface area contributed by atoms with Gasteiger partial charge in [-0.15, -0.1) is 0 Å². The fourth-order valence-corrected chi connectivity index (χ4v) is 4.02. The predicted octanol–water partition coefficient (Wildman–Crippen LogP) is 3.70. The molecule has 2 aromatic heterocycles. The van der Waals surface area contributed by atoms with Crippen molar-refractivity contribution in [3.05, 3.63) is 66.0 Å². The lowest BCUT2D eigenvalue weighted by Gasteiger charge is -2.29. The largest absolute Gasteiger partial charge is 0.378 e. The van der Waals surface area contributed by atoms with E-state index in [-0.39, 0.29) is 5.54 Å². The van der Waals surface area contributed by atoms with Crippen molar-refractivity contribution >= 4 is 22.9 Å². The number of para-hydroxylation sites is 2. The summed E-state index contributed by atoms with van der Waals surface area (Å²) in [6, 6.07) is 18.3. The number of aromatic nitrogens is 5. The number of hydrogen-bond acceptors (Lipinski definition) is 7. The molecule has 0 amide bonds. The Kier molecular flexibility index (Phi) is 5.22. The topological polar surface area (TPSA) is 81.0 Å². The van der Waals surface area contributed by atoms with Crippen molar-refractivity contribution in [1.29, 1.82) is 0 Å². The van der Waals surface area contributed by atoms with Gasteiger partial charge >= 0.3 is 0 Å². The molecule has 2 aromatic carbocycles. The second kappa shape index (κ2) is 8.20. The van der Waals surface area contributed by atoms with Crippen molar-refractivity contribution < 1.29 is 4.74 Å². The Morgan fingerprint density at radius 2 is 1.53 bits per heavy atom. The number of hydrogen-bond donors (Lipinski definition) is 1. The number of aryl methyl sites for hydroxylation is 1. The third-order valence-corrected chi connectivity index (χ3v) is 5.75. The maximum Gasteiger partial charge on any atom is 0.242 e. The molecule has 164 valence electrons. The molecule has 5 rings (SSSR count). The van der Waals surface area contributed by atoms with E-state index in [1.54, 1.807) is 0 Å². The van der Waals surface area contributed by atoms with Crippen LogP contribution in [0.2, 0.25) is 0 Å². The molecular formula is C24H27N7O. The molecule has 4 aromatic rings. The van der Waals surface area contributed by atoms with Crippen LogP contribution in [-0.2, 0) is 10.3 Å². The Labute approximate surface area is 187 Å². The van der Waals surface area contributed by atoms with Crippen molar-refractivity contribution in [3.63, 3.8) is 0 Å². The molecule has 3 heterocycles.